The van der Waals surface area contributed by atoms with E-state index in [4.69, 9.17) is 4.42 Å². The summed E-state index contributed by atoms with van der Waals surface area (Å²) in [7, 11) is 0. The van der Waals surface area contributed by atoms with Gasteiger partial charge in [0, 0.05) is 11.3 Å². The van der Waals surface area contributed by atoms with Gasteiger partial charge in [-0.25, -0.2) is 0 Å². The molecule has 0 saturated carbocycles. The predicted molar refractivity (Wildman–Crippen MR) is 115 cm³/mol. The molecule has 1 N–H and O–H groups in total. The van der Waals surface area contributed by atoms with Crippen LogP contribution in [-0.2, 0) is 9.59 Å². The number of benzene rings is 2. The number of furan rings is 1. The van der Waals surface area contributed by atoms with E-state index in [0.717, 1.165) is 16.7 Å². The molecule has 2 aromatic carbocycles. The molecule has 1 aliphatic heterocycles. The molecule has 0 aliphatic carbocycles. The molecule has 0 bridgehead atoms. The summed E-state index contributed by atoms with van der Waals surface area (Å²) in [5.41, 5.74) is 3.93. The van der Waals surface area contributed by atoms with E-state index in [-0.39, 0.29) is 11.3 Å². The minimum Gasteiger partial charge on any atom is -0.507 e. The maximum Gasteiger partial charge on any atom is 0.300 e. The number of rotatable bonds is 3. The Morgan fingerprint density at radius 1 is 0.900 bits per heavy atom. The van der Waals surface area contributed by atoms with E-state index in [1.165, 1.54) is 4.90 Å². The molecule has 0 spiro atoms. The fourth-order valence-electron chi connectivity index (χ4n) is 3.81. The molecule has 3 aromatic rings. The largest absolute Gasteiger partial charge is 0.507 e. The van der Waals surface area contributed by atoms with Crippen LogP contribution in [0, 0.1) is 27.7 Å². The number of carbonyl (C=O) groups excluding carboxylic acids is 2. The second-order valence-corrected chi connectivity index (χ2v) is 7.77. The Morgan fingerprint density at radius 2 is 1.57 bits per heavy atom. The lowest BCUT2D eigenvalue weighted by atomic mass is 9.96. The van der Waals surface area contributed by atoms with Gasteiger partial charge in [-0.05, 0) is 63.6 Å². The van der Waals surface area contributed by atoms with Crippen LogP contribution >= 0.6 is 0 Å². The molecule has 1 aliphatic rings. The molecule has 1 saturated heterocycles. The Morgan fingerprint density at radius 3 is 2.20 bits per heavy atom. The highest BCUT2D eigenvalue weighted by molar-refractivity contribution is 6.51. The smallest absolute Gasteiger partial charge is 0.300 e. The van der Waals surface area contributed by atoms with Crippen LogP contribution in [0.1, 0.15) is 39.8 Å². The van der Waals surface area contributed by atoms with Crippen LogP contribution in [0.5, 0.6) is 0 Å². The molecular formula is C25H23NO4. The summed E-state index contributed by atoms with van der Waals surface area (Å²) in [5, 5.41) is 11.2. The van der Waals surface area contributed by atoms with E-state index in [1.54, 1.807) is 31.2 Å². The molecule has 1 fully saturated rings. The Bertz CT molecular complexity index is 1180. The van der Waals surface area contributed by atoms with Crippen molar-refractivity contribution in [3.05, 3.63) is 93.9 Å². The highest BCUT2D eigenvalue weighted by Crippen LogP contribution is 2.43. The van der Waals surface area contributed by atoms with Crippen LogP contribution in [0.2, 0.25) is 0 Å². The minimum absolute atomic E-state index is 0.0311. The van der Waals surface area contributed by atoms with Crippen molar-refractivity contribution in [3.63, 3.8) is 0 Å². The van der Waals surface area contributed by atoms with Crippen molar-refractivity contribution in [3.8, 4) is 0 Å². The average Bonchev–Trinajstić information content (AvgIpc) is 3.25. The Hall–Kier alpha value is -3.60. The summed E-state index contributed by atoms with van der Waals surface area (Å²) in [4.78, 5) is 27.6. The summed E-state index contributed by atoms with van der Waals surface area (Å²) in [6.45, 7) is 7.52. The van der Waals surface area contributed by atoms with Gasteiger partial charge in [0.2, 0.25) is 0 Å². The summed E-state index contributed by atoms with van der Waals surface area (Å²) in [6.07, 6.45) is 0. The zero-order valence-corrected chi connectivity index (χ0v) is 17.4. The van der Waals surface area contributed by atoms with Crippen molar-refractivity contribution < 1.29 is 19.1 Å². The molecule has 30 heavy (non-hydrogen) atoms. The van der Waals surface area contributed by atoms with Crippen molar-refractivity contribution in [1.29, 1.82) is 0 Å². The van der Waals surface area contributed by atoms with E-state index in [9.17, 15) is 14.7 Å². The number of ketones is 1. The number of Topliss-reactive ketones (excluding diaryl/α,β-unsaturated/α-hetero) is 1. The maximum atomic E-state index is 13.1. The van der Waals surface area contributed by atoms with Crippen LogP contribution in [0.15, 0.2) is 64.6 Å². The molecular weight excluding hydrogens is 378 g/mol. The van der Waals surface area contributed by atoms with Crippen LogP contribution in [0.25, 0.3) is 5.76 Å². The third-order valence-electron chi connectivity index (χ3n) is 5.44. The molecule has 0 radical (unpaired) electrons. The Balaban J connectivity index is 1.96. The monoisotopic (exact) mass is 401 g/mol. The van der Waals surface area contributed by atoms with Crippen molar-refractivity contribution in [2.45, 2.75) is 33.7 Å². The molecule has 4 rings (SSSR count). The summed E-state index contributed by atoms with van der Waals surface area (Å²) < 4.78 is 5.82. The van der Waals surface area contributed by atoms with E-state index < -0.39 is 17.7 Å². The SMILES string of the molecule is Cc1ccc(N2C(=O)C(=O)/C(=C(/O)c3cc(C)ccc3C)C2c2ccc(C)o2)cc1. The normalized spacial score (nSPS) is 18.3. The summed E-state index contributed by atoms with van der Waals surface area (Å²) in [5.74, 6) is -0.522. The number of aliphatic hydroxyl groups is 1. The van der Waals surface area contributed by atoms with Crippen molar-refractivity contribution >= 4 is 23.1 Å². The number of anilines is 1. The van der Waals surface area contributed by atoms with Crippen LogP contribution in [0.4, 0.5) is 5.69 Å². The second kappa shape index (κ2) is 7.34. The predicted octanol–water partition coefficient (Wildman–Crippen LogP) is 5.14. The minimum atomic E-state index is -0.846. The molecule has 1 atom stereocenters. The summed E-state index contributed by atoms with van der Waals surface area (Å²) in [6, 6.07) is 15.6. The van der Waals surface area contributed by atoms with Gasteiger partial charge in [-0.1, -0.05) is 35.4 Å². The first-order chi connectivity index (χ1) is 14.3. The van der Waals surface area contributed by atoms with Crippen LogP contribution < -0.4 is 4.90 Å². The van der Waals surface area contributed by atoms with Gasteiger partial charge in [-0.3, -0.25) is 14.5 Å². The number of aryl methyl sites for hydroxylation is 4. The van der Waals surface area contributed by atoms with Gasteiger partial charge in [0.25, 0.3) is 11.7 Å². The maximum absolute atomic E-state index is 13.1. The van der Waals surface area contributed by atoms with E-state index in [0.29, 0.717) is 22.8 Å². The molecule has 5 nitrogen and oxygen atoms in total. The second-order valence-electron chi connectivity index (χ2n) is 7.77. The fraction of sp³-hybridized carbons (Fsp3) is 0.200. The number of hydrogen-bond donors (Lipinski definition) is 1. The lowest BCUT2D eigenvalue weighted by molar-refractivity contribution is -0.132. The van der Waals surface area contributed by atoms with Crippen LogP contribution in [-0.4, -0.2) is 16.8 Å². The third-order valence-corrected chi connectivity index (χ3v) is 5.44. The van der Waals surface area contributed by atoms with E-state index in [2.05, 4.69) is 0 Å². The standard InChI is InChI=1S/C25H23NO4/c1-14-6-10-18(11-7-14)26-22(20-12-9-17(4)30-20)21(24(28)25(26)29)23(27)19-13-15(2)5-8-16(19)3/h5-13,22,27H,1-4H3/b23-21+. The highest BCUT2D eigenvalue weighted by atomic mass is 16.3. The average molecular weight is 401 g/mol. The highest BCUT2D eigenvalue weighted by Gasteiger charge is 2.48. The third kappa shape index (κ3) is 3.22. The van der Waals surface area contributed by atoms with Gasteiger partial charge in [0.05, 0.1) is 5.57 Å². The molecule has 1 amide bonds. The number of carbonyl (C=O) groups is 2. The van der Waals surface area contributed by atoms with Crippen molar-refractivity contribution in [2.24, 2.45) is 0 Å². The number of aliphatic hydroxyl groups excluding tert-OH is 1. The molecule has 5 heteroatoms. The fourth-order valence-corrected chi connectivity index (χ4v) is 3.81. The van der Waals surface area contributed by atoms with E-state index in [1.807, 2.05) is 51.1 Å². The number of amides is 1. The quantitative estimate of drug-likeness (QED) is 0.375. The Labute approximate surface area is 175 Å². The van der Waals surface area contributed by atoms with Crippen LogP contribution in [0.3, 0.4) is 0 Å². The summed E-state index contributed by atoms with van der Waals surface area (Å²) >= 11 is 0. The molecule has 2 heterocycles. The molecule has 1 aromatic heterocycles. The van der Waals surface area contributed by atoms with Gasteiger partial charge in [-0.15, -0.1) is 0 Å². The van der Waals surface area contributed by atoms with Crippen molar-refractivity contribution in [1.82, 2.24) is 0 Å². The van der Waals surface area contributed by atoms with Gasteiger partial charge in [-0.2, -0.15) is 0 Å². The zero-order chi connectivity index (χ0) is 21.6. The first-order valence-corrected chi connectivity index (χ1v) is 9.79. The van der Waals surface area contributed by atoms with E-state index >= 15 is 0 Å². The first kappa shape index (κ1) is 19.7. The molecule has 1 unspecified atom stereocenters. The molecule has 152 valence electrons. The van der Waals surface area contributed by atoms with Gasteiger partial charge in [0.15, 0.2) is 0 Å². The van der Waals surface area contributed by atoms with Gasteiger partial charge in [0.1, 0.15) is 23.3 Å². The number of nitrogens with zero attached hydrogens (tertiary/aromatic N) is 1. The lowest BCUT2D eigenvalue weighted by Crippen LogP contribution is -2.29. The zero-order valence-electron chi connectivity index (χ0n) is 17.4. The van der Waals surface area contributed by atoms with Gasteiger partial charge < -0.3 is 9.52 Å². The Kier molecular flexibility index (Phi) is 4.82. The number of hydrogen-bond acceptors (Lipinski definition) is 4. The topological polar surface area (TPSA) is 70.8 Å². The lowest BCUT2D eigenvalue weighted by Gasteiger charge is -2.23. The van der Waals surface area contributed by atoms with Gasteiger partial charge >= 0.3 is 0 Å². The first-order valence-electron chi connectivity index (χ1n) is 9.79. The van der Waals surface area contributed by atoms with Crippen molar-refractivity contribution in [2.75, 3.05) is 4.90 Å².